The first-order chi connectivity index (χ1) is 15.6. The van der Waals surface area contributed by atoms with Crippen LogP contribution >= 0.6 is 0 Å². The van der Waals surface area contributed by atoms with Gasteiger partial charge in [-0.05, 0) is 42.3 Å². The molecule has 0 spiro atoms. The SMILES string of the molecule is CC#CC(CC(=O)O)c1ccc(OC(Cc2ccncn2)c2ccc3cn[nH]c3c2)cc1. The van der Waals surface area contributed by atoms with Gasteiger partial charge in [-0.15, -0.1) is 5.92 Å². The molecule has 7 nitrogen and oxygen atoms in total. The second-order valence-electron chi connectivity index (χ2n) is 7.34. The first-order valence-corrected chi connectivity index (χ1v) is 10.2. The van der Waals surface area contributed by atoms with Crippen molar-refractivity contribution in [1.29, 1.82) is 0 Å². The topological polar surface area (TPSA) is 101 Å². The molecule has 4 rings (SSSR count). The number of H-pyrrole nitrogens is 1. The van der Waals surface area contributed by atoms with E-state index in [1.165, 1.54) is 6.33 Å². The van der Waals surface area contributed by atoms with Crippen LogP contribution in [0.25, 0.3) is 10.9 Å². The van der Waals surface area contributed by atoms with E-state index in [0.29, 0.717) is 12.2 Å². The molecule has 2 aromatic heterocycles. The maximum absolute atomic E-state index is 11.2. The zero-order valence-corrected chi connectivity index (χ0v) is 17.5. The quantitative estimate of drug-likeness (QED) is 0.408. The van der Waals surface area contributed by atoms with Crippen LogP contribution in [-0.2, 0) is 11.2 Å². The molecule has 0 aliphatic rings. The lowest BCUT2D eigenvalue weighted by atomic mass is 9.96. The zero-order valence-electron chi connectivity index (χ0n) is 17.5. The maximum Gasteiger partial charge on any atom is 0.304 e. The Hall–Kier alpha value is -4.18. The Kier molecular flexibility index (Phi) is 6.42. The zero-order chi connectivity index (χ0) is 22.3. The second kappa shape index (κ2) is 9.75. The molecule has 32 heavy (non-hydrogen) atoms. The molecule has 0 aliphatic carbocycles. The molecular formula is C25H22N4O3. The molecule has 0 amide bonds. The number of hydrogen-bond acceptors (Lipinski definition) is 5. The summed E-state index contributed by atoms with van der Waals surface area (Å²) in [6.07, 6.45) is 5.26. The van der Waals surface area contributed by atoms with E-state index in [9.17, 15) is 4.79 Å². The number of aliphatic carboxylic acids is 1. The van der Waals surface area contributed by atoms with Gasteiger partial charge in [0, 0.05) is 23.7 Å². The van der Waals surface area contributed by atoms with Crippen LogP contribution in [0.2, 0.25) is 0 Å². The van der Waals surface area contributed by atoms with Crippen molar-refractivity contribution < 1.29 is 14.6 Å². The summed E-state index contributed by atoms with van der Waals surface area (Å²) in [5, 5.41) is 17.3. The highest BCUT2D eigenvalue weighted by Crippen LogP contribution is 2.29. The Bertz CT molecular complexity index is 1260. The minimum atomic E-state index is -0.878. The summed E-state index contributed by atoms with van der Waals surface area (Å²) in [5.74, 6) is 5.23. The minimum Gasteiger partial charge on any atom is -0.485 e. The number of ether oxygens (including phenoxy) is 1. The molecule has 0 saturated carbocycles. The average molecular weight is 426 g/mol. The number of aromatic amines is 1. The summed E-state index contributed by atoms with van der Waals surface area (Å²) in [6.45, 7) is 1.71. The van der Waals surface area contributed by atoms with Crippen molar-refractivity contribution in [2.24, 2.45) is 0 Å². The van der Waals surface area contributed by atoms with Gasteiger partial charge in [0.05, 0.1) is 24.1 Å². The lowest BCUT2D eigenvalue weighted by molar-refractivity contribution is -0.137. The van der Waals surface area contributed by atoms with E-state index >= 15 is 0 Å². The minimum absolute atomic E-state index is 0.0401. The first-order valence-electron chi connectivity index (χ1n) is 10.2. The van der Waals surface area contributed by atoms with Gasteiger partial charge in [0.15, 0.2) is 0 Å². The largest absolute Gasteiger partial charge is 0.485 e. The van der Waals surface area contributed by atoms with Crippen LogP contribution < -0.4 is 4.74 Å². The normalized spacial score (nSPS) is 12.5. The summed E-state index contributed by atoms with van der Waals surface area (Å²) < 4.78 is 6.36. The smallest absolute Gasteiger partial charge is 0.304 e. The standard InChI is InChI=1S/C25H22N4O3/c1-2-3-18(13-25(30)31)17-6-8-22(9-7-17)32-24(14-21-10-11-26-16-27-21)19-4-5-20-15-28-29-23(20)12-19/h4-12,15-16,18,24H,13-14H2,1H3,(H,28,29)(H,30,31). The number of carbonyl (C=O) groups is 1. The van der Waals surface area contributed by atoms with E-state index < -0.39 is 5.97 Å². The van der Waals surface area contributed by atoms with Crippen LogP contribution in [-0.4, -0.2) is 31.2 Å². The van der Waals surface area contributed by atoms with Gasteiger partial charge in [-0.1, -0.05) is 30.2 Å². The first kappa shape index (κ1) is 21.1. The van der Waals surface area contributed by atoms with Crippen LogP contribution in [0.5, 0.6) is 5.75 Å². The van der Waals surface area contributed by atoms with Gasteiger partial charge < -0.3 is 9.84 Å². The molecule has 2 atom stereocenters. The molecule has 2 unspecified atom stereocenters. The number of carboxylic acid groups (broad SMARTS) is 1. The van der Waals surface area contributed by atoms with Gasteiger partial charge in [-0.25, -0.2) is 9.97 Å². The van der Waals surface area contributed by atoms with Crippen LogP contribution in [0.3, 0.4) is 0 Å². The molecule has 0 radical (unpaired) electrons. The van der Waals surface area contributed by atoms with Crippen molar-refractivity contribution in [3.8, 4) is 17.6 Å². The molecule has 0 bridgehead atoms. The lowest BCUT2D eigenvalue weighted by Crippen LogP contribution is -2.12. The van der Waals surface area contributed by atoms with E-state index in [1.54, 1.807) is 19.3 Å². The summed E-state index contributed by atoms with van der Waals surface area (Å²) in [6, 6.07) is 15.4. The third-order valence-corrected chi connectivity index (χ3v) is 5.13. The van der Waals surface area contributed by atoms with Crippen molar-refractivity contribution in [3.63, 3.8) is 0 Å². The molecule has 0 saturated heterocycles. The predicted molar refractivity (Wildman–Crippen MR) is 120 cm³/mol. The van der Waals surface area contributed by atoms with Crippen LogP contribution in [0.15, 0.2) is 67.3 Å². The van der Waals surface area contributed by atoms with E-state index in [-0.39, 0.29) is 18.4 Å². The molecule has 2 heterocycles. The summed E-state index contributed by atoms with van der Waals surface area (Å²) in [7, 11) is 0. The Balaban J connectivity index is 1.60. The van der Waals surface area contributed by atoms with Crippen LogP contribution in [0, 0.1) is 11.8 Å². The number of aromatic nitrogens is 4. The summed E-state index contributed by atoms with van der Waals surface area (Å²) in [5.41, 5.74) is 3.64. The lowest BCUT2D eigenvalue weighted by Gasteiger charge is -2.20. The number of hydrogen-bond donors (Lipinski definition) is 2. The average Bonchev–Trinajstić information content (AvgIpc) is 3.27. The number of carboxylic acids is 1. The Morgan fingerprint density at radius 3 is 2.69 bits per heavy atom. The van der Waals surface area contributed by atoms with E-state index in [1.807, 2.05) is 48.5 Å². The van der Waals surface area contributed by atoms with Gasteiger partial charge in [0.2, 0.25) is 0 Å². The maximum atomic E-state index is 11.2. The van der Waals surface area contributed by atoms with Crippen molar-refractivity contribution in [2.45, 2.75) is 31.8 Å². The van der Waals surface area contributed by atoms with Gasteiger partial charge in [0.25, 0.3) is 0 Å². The summed E-state index contributed by atoms with van der Waals surface area (Å²) >= 11 is 0. The number of benzene rings is 2. The van der Waals surface area contributed by atoms with Gasteiger partial charge in [-0.3, -0.25) is 9.89 Å². The summed E-state index contributed by atoms with van der Waals surface area (Å²) in [4.78, 5) is 19.5. The third-order valence-electron chi connectivity index (χ3n) is 5.13. The highest BCUT2D eigenvalue weighted by molar-refractivity contribution is 5.78. The number of nitrogens with one attached hydrogen (secondary N) is 1. The van der Waals surface area contributed by atoms with E-state index in [0.717, 1.165) is 27.7 Å². The molecule has 2 N–H and O–H groups in total. The van der Waals surface area contributed by atoms with Crippen molar-refractivity contribution in [3.05, 3.63) is 84.1 Å². The Morgan fingerprint density at radius 1 is 1.16 bits per heavy atom. The van der Waals surface area contributed by atoms with Gasteiger partial charge >= 0.3 is 5.97 Å². The Labute approximate surface area is 185 Å². The molecule has 4 aromatic rings. The predicted octanol–water partition coefficient (Wildman–Crippen LogP) is 4.30. The monoisotopic (exact) mass is 426 g/mol. The number of nitrogens with zero attached hydrogens (tertiary/aromatic N) is 3. The molecular weight excluding hydrogens is 404 g/mol. The van der Waals surface area contributed by atoms with Crippen molar-refractivity contribution >= 4 is 16.9 Å². The highest BCUT2D eigenvalue weighted by Gasteiger charge is 2.18. The highest BCUT2D eigenvalue weighted by atomic mass is 16.5. The molecule has 0 aliphatic heterocycles. The van der Waals surface area contributed by atoms with Gasteiger partial charge in [0.1, 0.15) is 18.2 Å². The molecule has 7 heteroatoms. The second-order valence-corrected chi connectivity index (χ2v) is 7.34. The van der Waals surface area contributed by atoms with Crippen molar-refractivity contribution in [2.75, 3.05) is 0 Å². The number of fused-ring (bicyclic) bond motifs is 1. The fourth-order valence-corrected chi connectivity index (χ4v) is 3.56. The molecule has 0 fully saturated rings. The van der Waals surface area contributed by atoms with E-state index in [4.69, 9.17) is 9.84 Å². The third kappa shape index (κ3) is 5.10. The van der Waals surface area contributed by atoms with Crippen LogP contribution in [0.1, 0.15) is 42.2 Å². The van der Waals surface area contributed by atoms with E-state index in [2.05, 4.69) is 32.0 Å². The van der Waals surface area contributed by atoms with Crippen LogP contribution in [0.4, 0.5) is 0 Å². The number of rotatable bonds is 8. The fraction of sp³-hybridized carbons (Fsp3) is 0.200. The van der Waals surface area contributed by atoms with Gasteiger partial charge in [-0.2, -0.15) is 5.10 Å². The Morgan fingerprint density at radius 2 is 1.97 bits per heavy atom. The fourth-order valence-electron chi connectivity index (χ4n) is 3.56. The van der Waals surface area contributed by atoms with Crippen molar-refractivity contribution in [1.82, 2.24) is 20.2 Å². The molecule has 160 valence electrons. The molecule has 2 aromatic carbocycles.